The number of nitrogens with zero attached hydrogens (tertiary/aromatic N) is 2. The SMILES string of the molecule is CCC(=O)[C@@](C[C@H](C)N(C)C)(c1ccccc1)c1ccc([N+](=O)[O-])cc1F. The zero-order chi connectivity index (χ0) is 20.2. The Hall–Kier alpha value is -2.60. The molecule has 27 heavy (non-hydrogen) atoms. The second-order valence-electron chi connectivity index (χ2n) is 6.99. The van der Waals surface area contributed by atoms with Crippen LogP contribution in [-0.4, -0.2) is 35.7 Å². The second-order valence-corrected chi connectivity index (χ2v) is 6.99. The maximum atomic E-state index is 15.1. The van der Waals surface area contributed by atoms with Gasteiger partial charge >= 0.3 is 0 Å². The number of carbonyl (C=O) groups is 1. The normalized spacial score (nSPS) is 14.6. The van der Waals surface area contributed by atoms with Gasteiger partial charge in [-0.1, -0.05) is 37.3 Å². The molecule has 0 aromatic heterocycles. The predicted molar refractivity (Wildman–Crippen MR) is 103 cm³/mol. The highest BCUT2D eigenvalue weighted by atomic mass is 19.1. The Kier molecular flexibility index (Phi) is 6.44. The first-order valence-corrected chi connectivity index (χ1v) is 8.93. The molecule has 5 nitrogen and oxygen atoms in total. The number of benzene rings is 2. The number of ketones is 1. The van der Waals surface area contributed by atoms with Gasteiger partial charge in [0.2, 0.25) is 0 Å². The first-order chi connectivity index (χ1) is 12.7. The van der Waals surface area contributed by atoms with E-state index in [4.69, 9.17) is 0 Å². The van der Waals surface area contributed by atoms with Gasteiger partial charge in [-0.3, -0.25) is 14.9 Å². The van der Waals surface area contributed by atoms with Gasteiger partial charge in [-0.15, -0.1) is 0 Å². The van der Waals surface area contributed by atoms with Crippen LogP contribution < -0.4 is 0 Å². The van der Waals surface area contributed by atoms with Crippen molar-refractivity contribution in [2.24, 2.45) is 0 Å². The van der Waals surface area contributed by atoms with Crippen molar-refractivity contribution in [3.8, 4) is 0 Å². The van der Waals surface area contributed by atoms with Gasteiger partial charge in [-0.25, -0.2) is 4.39 Å². The van der Waals surface area contributed by atoms with E-state index in [0.29, 0.717) is 12.0 Å². The average Bonchev–Trinajstić information content (AvgIpc) is 2.66. The molecule has 0 N–H and O–H groups in total. The number of nitro benzene ring substituents is 1. The van der Waals surface area contributed by atoms with Crippen molar-refractivity contribution in [1.29, 1.82) is 0 Å². The Morgan fingerprint density at radius 2 is 1.85 bits per heavy atom. The monoisotopic (exact) mass is 372 g/mol. The van der Waals surface area contributed by atoms with Crippen molar-refractivity contribution in [2.75, 3.05) is 14.1 Å². The third kappa shape index (κ3) is 4.06. The van der Waals surface area contributed by atoms with E-state index in [-0.39, 0.29) is 29.5 Å². The van der Waals surface area contributed by atoms with Crippen LogP contribution in [0.5, 0.6) is 0 Å². The number of Topliss-reactive ketones (excluding diaryl/α,β-unsaturated/α-hetero) is 1. The van der Waals surface area contributed by atoms with Crippen molar-refractivity contribution in [3.63, 3.8) is 0 Å². The van der Waals surface area contributed by atoms with E-state index in [0.717, 1.165) is 6.07 Å². The molecule has 0 fully saturated rings. The van der Waals surface area contributed by atoms with Gasteiger partial charge in [0.05, 0.1) is 16.4 Å². The lowest BCUT2D eigenvalue weighted by Gasteiger charge is -2.37. The lowest BCUT2D eigenvalue weighted by molar-refractivity contribution is -0.385. The van der Waals surface area contributed by atoms with E-state index in [1.54, 1.807) is 6.92 Å². The lowest BCUT2D eigenvalue weighted by atomic mass is 9.66. The van der Waals surface area contributed by atoms with Crippen molar-refractivity contribution >= 4 is 11.5 Å². The number of rotatable bonds is 8. The second kappa shape index (κ2) is 8.39. The zero-order valence-corrected chi connectivity index (χ0v) is 16.1. The molecule has 2 rings (SSSR count). The fraction of sp³-hybridized carbons (Fsp3) is 0.381. The fourth-order valence-electron chi connectivity index (χ4n) is 3.42. The minimum absolute atomic E-state index is 0.0182. The van der Waals surface area contributed by atoms with Gasteiger partial charge in [0.25, 0.3) is 5.69 Å². The summed E-state index contributed by atoms with van der Waals surface area (Å²) in [5.41, 5.74) is -0.667. The largest absolute Gasteiger partial charge is 0.307 e. The van der Waals surface area contributed by atoms with Gasteiger partial charge in [0, 0.05) is 24.1 Å². The Balaban J connectivity index is 2.78. The van der Waals surface area contributed by atoms with Crippen LogP contribution in [0.4, 0.5) is 10.1 Å². The molecule has 0 spiro atoms. The summed E-state index contributed by atoms with van der Waals surface area (Å²) in [6.45, 7) is 3.73. The van der Waals surface area contributed by atoms with Crippen LogP contribution in [0.15, 0.2) is 48.5 Å². The number of halogens is 1. The Morgan fingerprint density at radius 1 is 1.22 bits per heavy atom. The standard InChI is InChI=1S/C21H25FN2O3/c1-5-20(25)21(14-15(2)23(3)4,16-9-7-6-8-10-16)18-12-11-17(24(26)27)13-19(18)22/h6-13,15H,5,14H2,1-4H3/t15-,21-/m0/s1. The molecule has 0 saturated heterocycles. The molecule has 0 aliphatic carbocycles. The van der Waals surface area contributed by atoms with Crippen LogP contribution in [-0.2, 0) is 10.2 Å². The summed E-state index contributed by atoms with van der Waals surface area (Å²) >= 11 is 0. The molecular weight excluding hydrogens is 347 g/mol. The van der Waals surface area contributed by atoms with Crippen molar-refractivity contribution < 1.29 is 14.1 Å². The number of nitro groups is 1. The summed E-state index contributed by atoms with van der Waals surface area (Å²) in [5, 5.41) is 11.0. The number of non-ortho nitro benzene ring substituents is 1. The molecule has 0 amide bonds. The molecule has 0 unspecified atom stereocenters. The molecule has 0 heterocycles. The van der Waals surface area contributed by atoms with Gasteiger partial charge in [-0.05, 0) is 39.1 Å². The molecule has 0 radical (unpaired) electrons. The van der Waals surface area contributed by atoms with Gasteiger partial charge in [-0.2, -0.15) is 0 Å². The third-order valence-corrected chi connectivity index (χ3v) is 5.17. The fourth-order valence-corrected chi connectivity index (χ4v) is 3.42. The molecule has 2 aromatic carbocycles. The smallest absolute Gasteiger partial charge is 0.272 e. The maximum Gasteiger partial charge on any atom is 0.272 e. The van der Waals surface area contributed by atoms with E-state index < -0.39 is 16.2 Å². The molecular formula is C21H25FN2O3. The summed E-state index contributed by atoms with van der Waals surface area (Å²) in [4.78, 5) is 25.6. The summed E-state index contributed by atoms with van der Waals surface area (Å²) in [6, 6.07) is 12.6. The van der Waals surface area contributed by atoms with Crippen molar-refractivity contribution in [2.45, 2.75) is 38.1 Å². The maximum absolute atomic E-state index is 15.1. The highest BCUT2D eigenvalue weighted by Crippen LogP contribution is 2.41. The van der Waals surface area contributed by atoms with Crippen molar-refractivity contribution in [3.05, 3.63) is 75.6 Å². The lowest BCUT2D eigenvalue weighted by Crippen LogP contribution is -2.43. The Morgan fingerprint density at radius 3 is 2.33 bits per heavy atom. The summed E-state index contributed by atoms with van der Waals surface area (Å²) in [5.74, 6) is -0.851. The molecule has 0 bridgehead atoms. The summed E-state index contributed by atoms with van der Waals surface area (Å²) in [7, 11) is 3.81. The Labute approximate surface area is 159 Å². The number of hydrogen-bond donors (Lipinski definition) is 0. The highest BCUT2D eigenvalue weighted by Gasteiger charge is 2.44. The van der Waals surface area contributed by atoms with E-state index in [1.807, 2.05) is 56.3 Å². The first-order valence-electron chi connectivity index (χ1n) is 8.93. The van der Waals surface area contributed by atoms with E-state index in [1.165, 1.54) is 12.1 Å². The molecule has 0 saturated carbocycles. The van der Waals surface area contributed by atoms with Gasteiger partial charge in [0.15, 0.2) is 0 Å². The number of hydrogen-bond acceptors (Lipinski definition) is 4. The molecule has 2 atom stereocenters. The van der Waals surface area contributed by atoms with Crippen molar-refractivity contribution in [1.82, 2.24) is 4.90 Å². The summed E-state index contributed by atoms with van der Waals surface area (Å²) in [6.07, 6.45) is 0.594. The van der Waals surface area contributed by atoms with Crippen LogP contribution in [0.2, 0.25) is 0 Å². The molecule has 2 aromatic rings. The van der Waals surface area contributed by atoms with Gasteiger partial charge < -0.3 is 4.90 Å². The third-order valence-electron chi connectivity index (χ3n) is 5.17. The molecule has 6 heteroatoms. The van der Waals surface area contributed by atoms with Crippen LogP contribution in [0.25, 0.3) is 0 Å². The van der Waals surface area contributed by atoms with Crippen LogP contribution >= 0.6 is 0 Å². The molecule has 0 aliphatic rings. The Bertz CT molecular complexity index is 823. The first kappa shape index (κ1) is 20.7. The van der Waals surface area contributed by atoms with E-state index in [9.17, 15) is 14.9 Å². The molecule has 0 aliphatic heterocycles. The number of carbonyl (C=O) groups excluding carboxylic acids is 1. The quantitative estimate of drug-likeness (QED) is 0.511. The molecule has 144 valence electrons. The minimum atomic E-state index is -1.21. The van der Waals surface area contributed by atoms with E-state index in [2.05, 4.69) is 0 Å². The summed E-state index contributed by atoms with van der Waals surface area (Å²) < 4.78 is 15.1. The zero-order valence-electron chi connectivity index (χ0n) is 16.1. The average molecular weight is 372 g/mol. The van der Waals surface area contributed by atoms with Crippen LogP contribution in [0.1, 0.15) is 37.8 Å². The predicted octanol–water partition coefficient (Wildman–Crippen LogP) is 4.34. The highest BCUT2D eigenvalue weighted by molar-refractivity contribution is 5.94. The topological polar surface area (TPSA) is 63.5 Å². The van der Waals surface area contributed by atoms with Gasteiger partial charge in [0.1, 0.15) is 11.6 Å². The van der Waals surface area contributed by atoms with Crippen LogP contribution in [0, 0.1) is 15.9 Å². The van der Waals surface area contributed by atoms with Crippen LogP contribution in [0.3, 0.4) is 0 Å². The minimum Gasteiger partial charge on any atom is -0.307 e. The van der Waals surface area contributed by atoms with E-state index >= 15 is 4.39 Å².